The molecule has 1 aliphatic carbocycles. The van der Waals surface area contributed by atoms with Gasteiger partial charge >= 0.3 is 0 Å². The molecule has 1 aromatic rings. The SMILES string of the molecule is CCCNC(C)c1ccc(OC2CCCCC2C)nc1. The Morgan fingerprint density at radius 2 is 2.15 bits per heavy atom. The maximum absolute atomic E-state index is 6.05. The molecule has 112 valence electrons. The van der Waals surface area contributed by atoms with Crippen molar-refractivity contribution >= 4 is 0 Å². The van der Waals surface area contributed by atoms with Gasteiger partial charge in [-0.2, -0.15) is 0 Å². The predicted molar refractivity (Wildman–Crippen MR) is 83.0 cm³/mol. The van der Waals surface area contributed by atoms with E-state index in [1.807, 2.05) is 12.3 Å². The van der Waals surface area contributed by atoms with Crippen LogP contribution in [0.3, 0.4) is 0 Å². The monoisotopic (exact) mass is 276 g/mol. The summed E-state index contributed by atoms with van der Waals surface area (Å²) in [6.07, 6.45) is 8.51. The predicted octanol–water partition coefficient (Wildman–Crippen LogP) is 4.10. The van der Waals surface area contributed by atoms with Gasteiger partial charge in [-0.1, -0.05) is 26.3 Å². The Morgan fingerprint density at radius 3 is 2.80 bits per heavy atom. The molecule has 0 amide bonds. The molecule has 1 saturated carbocycles. The summed E-state index contributed by atoms with van der Waals surface area (Å²) in [6.45, 7) is 7.69. The average molecular weight is 276 g/mol. The van der Waals surface area contributed by atoms with Gasteiger partial charge < -0.3 is 10.1 Å². The summed E-state index contributed by atoms with van der Waals surface area (Å²) >= 11 is 0. The van der Waals surface area contributed by atoms with Crippen LogP contribution >= 0.6 is 0 Å². The summed E-state index contributed by atoms with van der Waals surface area (Å²) in [5, 5.41) is 3.48. The molecule has 3 heteroatoms. The zero-order chi connectivity index (χ0) is 14.4. The van der Waals surface area contributed by atoms with E-state index in [0.29, 0.717) is 18.1 Å². The number of nitrogens with one attached hydrogen (secondary N) is 1. The first-order valence-electron chi connectivity index (χ1n) is 8.06. The number of hydrogen-bond donors (Lipinski definition) is 1. The molecule has 3 atom stereocenters. The molecule has 1 N–H and O–H groups in total. The molecule has 3 nitrogen and oxygen atoms in total. The van der Waals surface area contributed by atoms with Gasteiger partial charge in [0.15, 0.2) is 0 Å². The van der Waals surface area contributed by atoms with Crippen LogP contribution in [-0.4, -0.2) is 17.6 Å². The Hall–Kier alpha value is -1.09. The van der Waals surface area contributed by atoms with Crippen LogP contribution in [0.15, 0.2) is 18.3 Å². The summed E-state index contributed by atoms with van der Waals surface area (Å²) in [4.78, 5) is 4.47. The molecular weight excluding hydrogens is 248 g/mol. The van der Waals surface area contributed by atoms with Crippen LogP contribution in [0.4, 0.5) is 0 Å². The van der Waals surface area contributed by atoms with E-state index < -0.39 is 0 Å². The zero-order valence-corrected chi connectivity index (χ0v) is 13.1. The third kappa shape index (κ3) is 4.20. The highest BCUT2D eigenvalue weighted by molar-refractivity contribution is 5.20. The summed E-state index contributed by atoms with van der Waals surface area (Å²) in [5.41, 5.74) is 1.22. The van der Waals surface area contributed by atoms with Crippen LogP contribution in [0.5, 0.6) is 5.88 Å². The Labute approximate surface area is 123 Å². The molecule has 0 spiro atoms. The van der Waals surface area contributed by atoms with Crippen molar-refractivity contribution < 1.29 is 4.74 Å². The van der Waals surface area contributed by atoms with E-state index in [-0.39, 0.29) is 0 Å². The molecule has 0 aliphatic heterocycles. The van der Waals surface area contributed by atoms with Crippen LogP contribution in [0, 0.1) is 5.92 Å². The Kier molecular flexibility index (Phi) is 5.84. The Bertz CT molecular complexity index is 390. The molecule has 20 heavy (non-hydrogen) atoms. The van der Waals surface area contributed by atoms with Gasteiger partial charge in [0.2, 0.25) is 5.88 Å². The lowest BCUT2D eigenvalue weighted by atomic mass is 9.88. The minimum atomic E-state index is 0.345. The lowest BCUT2D eigenvalue weighted by Crippen LogP contribution is -2.28. The molecule has 2 rings (SSSR count). The number of aromatic nitrogens is 1. The summed E-state index contributed by atoms with van der Waals surface area (Å²) in [7, 11) is 0. The second kappa shape index (κ2) is 7.63. The summed E-state index contributed by atoms with van der Waals surface area (Å²) in [5.74, 6) is 1.42. The van der Waals surface area contributed by atoms with E-state index in [9.17, 15) is 0 Å². The average Bonchev–Trinajstić information content (AvgIpc) is 2.48. The second-order valence-corrected chi connectivity index (χ2v) is 6.02. The molecular formula is C17H28N2O. The molecule has 3 unspecified atom stereocenters. The summed E-state index contributed by atoms with van der Waals surface area (Å²) < 4.78 is 6.05. The Morgan fingerprint density at radius 1 is 1.35 bits per heavy atom. The highest BCUT2D eigenvalue weighted by atomic mass is 16.5. The summed E-state index contributed by atoms with van der Waals surface area (Å²) in [6, 6.07) is 4.49. The molecule has 1 aromatic heterocycles. The van der Waals surface area contributed by atoms with Crippen LogP contribution in [0.1, 0.15) is 64.5 Å². The first-order valence-corrected chi connectivity index (χ1v) is 8.06. The lowest BCUT2D eigenvalue weighted by molar-refractivity contribution is 0.0975. The minimum absolute atomic E-state index is 0.345. The van der Waals surface area contributed by atoms with Gasteiger partial charge in [-0.3, -0.25) is 0 Å². The van der Waals surface area contributed by atoms with E-state index >= 15 is 0 Å². The second-order valence-electron chi connectivity index (χ2n) is 6.02. The van der Waals surface area contributed by atoms with Gasteiger partial charge in [-0.05, 0) is 50.6 Å². The Balaban J connectivity index is 1.90. The van der Waals surface area contributed by atoms with Crippen molar-refractivity contribution in [3.05, 3.63) is 23.9 Å². The van der Waals surface area contributed by atoms with Crippen molar-refractivity contribution in [2.24, 2.45) is 5.92 Å². The fourth-order valence-electron chi connectivity index (χ4n) is 2.81. The van der Waals surface area contributed by atoms with E-state index in [2.05, 4.69) is 37.1 Å². The van der Waals surface area contributed by atoms with Gasteiger partial charge in [0, 0.05) is 18.3 Å². The molecule has 0 saturated heterocycles. The number of nitrogens with zero attached hydrogens (tertiary/aromatic N) is 1. The van der Waals surface area contributed by atoms with Crippen LogP contribution in [0.2, 0.25) is 0 Å². The van der Waals surface area contributed by atoms with Crippen molar-refractivity contribution in [3.63, 3.8) is 0 Å². The maximum atomic E-state index is 6.05. The molecule has 0 radical (unpaired) electrons. The maximum Gasteiger partial charge on any atom is 0.213 e. The van der Waals surface area contributed by atoms with E-state index in [4.69, 9.17) is 4.74 Å². The highest BCUT2D eigenvalue weighted by Crippen LogP contribution is 2.27. The topological polar surface area (TPSA) is 34.1 Å². The van der Waals surface area contributed by atoms with Crippen molar-refractivity contribution in [1.82, 2.24) is 10.3 Å². The highest BCUT2D eigenvalue weighted by Gasteiger charge is 2.23. The lowest BCUT2D eigenvalue weighted by Gasteiger charge is -2.28. The van der Waals surface area contributed by atoms with Gasteiger partial charge in [0.1, 0.15) is 6.10 Å². The van der Waals surface area contributed by atoms with E-state index in [1.54, 1.807) is 0 Å². The fourth-order valence-corrected chi connectivity index (χ4v) is 2.81. The van der Waals surface area contributed by atoms with Gasteiger partial charge in [-0.15, -0.1) is 0 Å². The largest absolute Gasteiger partial charge is 0.474 e. The minimum Gasteiger partial charge on any atom is -0.474 e. The molecule has 0 bridgehead atoms. The van der Waals surface area contributed by atoms with Crippen molar-refractivity contribution in [2.75, 3.05) is 6.54 Å². The normalized spacial score (nSPS) is 24.4. The number of hydrogen-bond acceptors (Lipinski definition) is 3. The zero-order valence-electron chi connectivity index (χ0n) is 13.1. The third-order valence-corrected chi connectivity index (χ3v) is 4.26. The van der Waals surface area contributed by atoms with Crippen molar-refractivity contribution in [3.8, 4) is 5.88 Å². The van der Waals surface area contributed by atoms with Gasteiger partial charge in [0.25, 0.3) is 0 Å². The van der Waals surface area contributed by atoms with E-state index in [0.717, 1.165) is 18.8 Å². The van der Waals surface area contributed by atoms with Crippen LogP contribution in [0.25, 0.3) is 0 Å². The molecule has 1 aliphatic rings. The number of rotatable bonds is 6. The molecule has 1 fully saturated rings. The first-order chi connectivity index (χ1) is 9.70. The van der Waals surface area contributed by atoms with Crippen LogP contribution in [-0.2, 0) is 0 Å². The molecule has 0 aromatic carbocycles. The smallest absolute Gasteiger partial charge is 0.213 e. The standard InChI is InChI=1S/C17H28N2O/c1-4-11-18-14(3)15-9-10-17(19-12-15)20-16-8-6-5-7-13(16)2/h9-10,12-14,16,18H,4-8,11H2,1-3H3. The third-order valence-electron chi connectivity index (χ3n) is 4.26. The van der Waals surface area contributed by atoms with Crippen molar-refractivity contribution in [1.29, 1.82) is 0 Å². The van der Waals surface area contributed by atoms with Crippen molar-refractivity contribution in [2.45, 2.75) is 65.0 Å². The van der Waals surface area contributed by atoms with Gasteiger partial charge in [-0.25, -0.2) is 4.98 Å². The number of ether oxygens (including phenoxy) is 1. The molecule has 1 heterocycles. The van der Waals surface area contributed by atoms with E-state index in [1.165, 1.54) is 31.2 Å². The quantitative estimate of drug-likeness (QED) is 0.849. The fraction of sp³-hybridized carbons (Fsp3) is 0.706. The van der Waals surface area contributed by atoms with Crippen LogP contribution < -0.4 is 10.1 Å². The van der Waals surface area contributed by atoms with Gasteiger partial charge in [0.05, 0.1) is 0 Å². The number of pyridine rings is 1. The first kappa shape index (κ1) is 15.3.